The van der Waals surface area contributed by atoms with E-state index in [0.717, 1.165) is 12.8 Å². The van der Waals surface area contributed by atoms with Crippen molar-refractivity contribution in [2.75, 3.05) is 0 Å². The maximum atomic E-state index is 10.2. The summed E-state index contributed by atoms with van der Waals surface area (Å²) >= 11 is 0. The number of rotatable bonds is 0. The van der Waals surface area contributed by atoms with Crippen molar-refractivity contribution in [1.29, 1.82) is 0 Å². The molecule has 1 heteroatoms. The van der Waals surface area contributed by atoms with Crippen molar-refractivity contribution >= 4 is 0 Å². The van der Waals surface area contributed by atoms with E-state index in [1.807, 2.05) is 6.92 Å². The molecule has 1 nitrogen and oxygen atoms in total. The van der Waals surface area contributed by atoms with E-state index in [4.69, 9.17) is 6.42 Å². The molecule has 0 unspecified atom stereocenters. The second-order valence-corrected chi connectivity index (χ2v) is 4.59. The van der Waals surface area contributed by atoms with Gasteiger partial charge in [-0.05, 0) is 18.8 Å². The third kappa shape index (κ3) is 1.15. The minimum atomic E-state index is -0.898. The topological polar surface area (TPSA) is 20.2 Å². The normalized spacial score (nSPS) is 40.4. The largest absolute Gasteiger partial charge is 0.377 e. The highest BCUT2D eigenvalue weighted by Gasteiger charge is 2.48. The molecule has 12 heavy (non-hydrogen) atoms. The van der Waals surface area contributed by atoms with Crippen LogP contribution in [0.2, 0.25) is 0 Å². The highest BCUT2D eigenvalue weighted by molar-refractivity contribution is 5.17. The van der Waals surface area contributed by atoms with Gasteiger partial charge in [0.1, 0.15) is 5.60 Å². The predicted octanol–water partition coefficient (Wildman–Crippen LogP) is 2.20. The van der Waals surface area contributed by atoms with E-state index in [0.29, 0.717) is 0 Å². The molecular formula is C11H18O. The Morgan fingerprint density at radius 3 is 2.42 bits per heavy atom. The minimum absolute atomic E-state index is 0.126. The highest BCUT2D eigenvalue weighted by Crippen LogP contribution is 2.46. The van der Waals surface area contributed by atoms with E-state index in [-0.39, 0.29) is 11.3 Å². The standard InChI is InChI=1S/C11H18O/c1-5-11(12)9(2)7-6-8-10(11,3)4/h1,9,12H,6-8H2,2-4H3/t9-,11-/m1/s1. The lowest BCUT2D eigenvalue weighted by Gasteiger charge is -2.47. The number of hydrogen-bond donors (Lipinski definition) is 1. The summed E-state index contributed by atoms with van der Waals surface area (Å²) < 4.78 is 0. The van der Waals surface area contributed by atoms with Gasteiger partial charge in [-0.15, -0.1) is 6.42 Å². The maximum Gasteiger partial charge on any atom is 0.132 e. The number of terminal acetylenes is 1. The molecule has 0 aromatic heterocycles. The Bertz CT molecular complexity index is 212. The zero-order chi connectivity index (χ0) is 9.41. The zero-order valence-electron chi connectivity index (χ0n) is 8.22. The molecule has 1 N–H and O–H groups in total. The van der Waals surface area contributed by atoms with Crippen molar-refractivity contribution in [1.82, 2.24) is 0 Å². The van der Waals surface area contributed by atoms with Crippen molar-refractivity contribution in [3.63, 3.8) is 0 Å². The van der Waals surface area contributed by atoms with Gasteiger partial charge in [-0.3, -0.25) is 0 Å². The minimum Gasteiger partial charge on any atom is -0.377 e. The summed E-state index contributed by atoms with van der Waals surface area (Å²) in [5.74, 6) is 2.80. The molecule has 1 rings (SSSR count). The lowest BCUT2D eigenvalue weighted by atomic mass is 9.61. The van der Waals surface area contributed by atoms with Gasteiger partial charge in [-0.25, -0.2) is 0 Å². The van der Waals surface area contributed by atoms with E-state index in [2.05, 4.69) is 19.8 Å². The monoisotopic (exact) mass is 166 g/mol. The Hall–Kier alpha value is -0.480. The van der Waals surface area contributed by atoms with Gasteiger partial charge in [0.05, 0.1) is 0 Å². The van der Waals surface area contributed by atoms with Crippen LogP contribution in [0.25, 0.3) is 0 Å². The van der Waals surface area contributed by atoms with Crippen LogP contribution in [-0.4, -0.2) is 10.7 Å². The van der Waals surface area contributed by atoms with Crippen LogP contribution in [0.5, 0.6) is 0 Å². The van der Waals surface area contributed by atoms with Crippen LogP contribution in [0, 0.1) is 23.7 Å². The van der Waals surface area contributed by atoms with Gasteiger partial charge in [-0.1, -0.05) is 33.1 Å². The highest BCUT2D eigenvalue weighted by atomic mass is 16.3. The average molecular weight is 166 g/mol. The first kappa shape index (κ1) is 9.61. The van der Waals surface area contributed by atoms with Crippen LogP contribution in [0.4, 0.5) is 0 Å². The Kier molecular flexibility index (Phi) is 2.23. The molecule has 0 heterocycles. The van der Waals surface area contributed by atoms with E-state index in [1.54, 1.807) is 0 Å². The molecule has 0 amide bonds. The molecule has 2 atom stereocenters. The van der Waals surface area contributed by atoms with Crippen LogP contribution in [0.3, 0.4) is 0 Å². The summed E-state index contributed by atoms with van der Waals surface area (Å²) in [5, 5.41) is 10.2. The summed E-state index contributed by atoms with van der Waals surface area (Å²) in [7, 11) is 0. The Balaban J connectivity index is 2.98. The van der Waals surface area contributed by atoms with Crippen molar-refractivity contribution in [2.45, 2.75) is 45.6 Å². The molecule has 1 saturated carbocycles. The van der Waals surface area contributed by atoms with Gasteiger partial charge in [0.15, 0.2) is 0 Å². The Morgan fingerprint density at radius 1 is 1.50 bits per heavy atom. The van der Waals surface area contributed by atoms with E-state index >= 15 is 0 Å². The van der Waals surface area contributed by atoms with Gasteiger partial charge in [0, 0.05) is 5.41 Å². The molecule has 0 aromatic rings. The van der Waals surface area contributed by atoms with Crippen LogP contribution in [0.15, 0.2) is 0 Å². The fourth-order valence-electron chi connectivity index (χ4n) is 2.25. The number of hydrogen-bond acceptors (Lipinski definition) is 1. The summed E-state index contributed by atoms with van der Waals surface area (Å²) in [5.41, 5.74) is -1.02. The van der Waals surface area contributed by atoms with Gasteiger partial charge >= 0.3 is 0 Å². The maximum absolute atomic E-state index is 10.2. The lowest BCUT2D eigenvalue weighted by molar-refractivity contribution is -0.0859. The molecule has 0 aromatic carbocycles. The second kappa shape index (κ2) is 2.78. The van der Waals surface area contributed by atoms with E-state index < -0.39 is 5.60 Å². The first-order valence-corrected chi connectivity index (χ1v) is 4.64. The second-order valence-electron chi connectivity index (χ2n) is 4.59. The summed E-state index contributed by atoms with van der Waals surface area (Å²) in [4.78, 5) is 0. The molecular weight excluding hydrogens is 148 g/mol. The molecule has 0 radical (unpaired) electrons. The zero-order valence-corrected chi connectivity index (χ0v) is 8.22. The van der Waals surface area contributed by atoms with E-state index in [1.165, 1.54) is 6.42 Å². The first-order chi connectivity index (χ1) is 5.44. The van der Waals surface area contributed by atoms with Gasteiger partial charge in [-0.2, -0.15) is 0 Å². The fourth-order valence-corrected chi connectivity index (χ4v) is 2.25. The lowest BCUT2D eigenvalue weighted by Crippen LogP contribution is -2.51. The van der Waals surface area contributed by atoms with Gasteiger partial charge in [0.25, 0.3) is 0 Å². The van der Waals surface area contributed by atoms with Crippen molar-refractivity contribution in [2.24, 2.45) is 11.3 Å². The van der Waals surface area contributed by atoms with Crippen LogP contribution in [0.1, 0.15) is 40.0 Å². The Morgan fingerprint density at radius 2 is 2.08 bits per heavy atom. The molecule has 0 spiro atoms. The molecule has 0 saturated heterocycles. The van der Waals surface area contributed by atoms with Gasteiger partial charge in [0.2, 0.25) is 0 Å². The molecule has 1 fully saturated rings. The molecule has 0 aliphatic heterocycles. The van der Waals surface area contributed by atoms with Crippen molar-refractivity contribution in [3.8, 4) is 12.3 Å². The number of aliphatic hydroxyl groups is 1. The quantitative estimate of drug-likeness (QED) is 0.547. The molecule has 68 valence electrons. The Labute approximate surface area is 75.2 Å². The van der Waals surface area contributed by atoms with E-state index in [9.17, 15) is 5.11 Å². The molecule has 0 bridgehead atoms. The summed E-state index contributed by atoms with van der Waals surface area (Å²) in [6.07, 6.45) is 8.65. The van der Waals surface area contributed by atoms with Crippen LogP contribution in [-0.2, 0) is 0 Å². The SMILES string of the molecule is C#C[C@@]1(O)[C@H](C)CCCC1(C)C. The van der Waals surface area contributed by atoms with Crippen LogP contribution < -0.4 is 0 Å². The molecule has 1 aliphatic rings. The summed E-state index contributed by atoms with van der Waals surface area (Å²) in [6.45, 7) is 6.16. The third-order valence-corrected chi connectivity index (χ3v) is 3.40. The summed E-state index contributed by atoms with van der Waals surface area (Å²) in [6, 6.07) is 0. The smallest absolute Gasteiger partial charge is 0.132 e. The fraction of sp³-hybridized carbons (Fsp3) is 0.818. The average Bonchev–Trinajstić information content (AvgIpc) is 2.00. The third-order valence-electron chi connectivity index (χ3n) is 3.40. The molecule has 1 aliphatic carbocycles. The van der Waals surface area contributed by atoms with Crippen molar-refractivity contribution in [3.05, 3.63) is 0 Å². The van der Waals surface area contributed by atoms with Crippen molar-refractivity contribution < 1.29 is 5.11 Å². The van der Waals surface area contributed by atoms with Crippen LogP contribution >= 0.6 is 0 Å². The predicted molar refractivity (Wildman–Crippen MR) is 50.6 cm³/mol. The van der Waals surface area contributed by atoms with Gasteiger partial charge < -0.3 is 5.11 Å². The first-order valence-electron chi connectivity index (χ1n) is 4.64.